The molecule has 0 saturated carbocycles. The van der Waals surface area contributed by atoms with Crippen LogP contribution in [0.1, 0.15) is 0 Å². The van der Waals surface area contributed by atoms with E-state index in [0.717, 1.165) is 32.6 Å². The molecule has 76 valence electrons. The van der Waals surface area contributed by atoms with Gasteiger partial charge in [0.2, 0.25) is 6.41 Å². The van der Waals surface area contributed by atoms with Crippen molar-refractivity contribution in [2.45, 2.75) is 0 Å². The molecule has 0 aromatic rings. The van der Waals surface area contributed by atoms with Crippen LogP contribution in [0.15, 0.2) is 0 Å². The fourth-order valence-electron chi connectivity index (χ4n) is 1.16. The van der Waals surface area contributed by atoms with E-state index in [2.05, 4.69) is 0 Å². The first-order chi connectivity index (χ1) is 5.77. The summed E-state index contributed by atoms with van der Waals surface area (Å²) in [5, 5.41) is 8.13. The summed E-state index contributed by atoms with van der Waals surface area (Å²) in [6, 6.07) is 0. The lowest BCUT2D eigenvalue weighted by atomic mass is 10.3. The second-order valence-corrected chi connectivity index (χ2v) is 3.43. The van der Waals surface area contributed by atoms with Crippen molar-refractivity contribution in [3.05, 3.63) is 0 Å². The lowest BCUT2D eigenvalue weighted by Gasteiger charge is -2.33. The van der Waals surface area contributed by atoms with Gasteiger partial charge in [0.25, 0.3) is 0 Å². The van der Waals surface area contributed by atoms with Gasteiger partial charge in [0.1, 0.15) is 0 Å². The SMILES string of the molecule is CSC(=N)N1CCN(C=O)CC1.I. The van der Waals surface area contributed by atoms with Crippen molar-refractivity contribution in [2.24, 2.45) is 0 Å². The van der Waals surface area contributed by atoms with Crippen molar-refractivity contribution in [2.75, 3.05) is 32.4 Å². The van der Waals surface area contributed by atoms with Crippen LogP contribution in [0.4, 0.5) is 0 Å². The Hall–Kier alpha value is 0.0200. The first-order valence-corrected chi connectivity index (χ1v) is 5.07. The molecule has 1 fully saturated rings. The number of hydrogen-bond donors (Lipinski definition) is 1. The third kappa shape index (κ3) is 3.72. The molecule has 1 N–H and O–H groups in total. The molecule has 0 aromatic heterocycles. The van der Waals surface area contributed by atoms with Gasteiger partial charge in [-0.05, 0) is 6.26 Å². The average Bonchev–Trinajstić information content (AvgIpc) is 2.17. The van der Waals surface area contributed by atoms with E-state index in [1.807, 2.05) is 11.2 Å². The second kappa shape index (κ2) is 6.47. The highest BCUT2D eigenvalue weighted by molar-refractivity contribution is 14.0. The largest absolute Gasteiger partial charge is 0.348 e. The summed E-state index contributed by atoms with van der Waals surface area (Å²) in [5.41, 5.74) is 0. The van der Waals surface area contributed by atoms with Gasteiger partial charge in [-0.15, -0.1) is 24.0 Å². The number of amides is 1. The molecule has 1 aliphatic rings. The van der Waals surface area contributed by atoms with Crippen molar-refractivity contribution in [3.8, 4) is 0 Å². The fourth-order valence-corrected chi connectivity index (χ4v) is 1.60. The average molecular weight is 315 g/mol. The highest BCUT2D eigenvalue weighted by Gasteiger charge is 2.16. The summed E-state index contributed by atoms with van der Waals surface area (Å²) in [6.07, 6.45) is 2.77. The molecular weight excluding hydrogens is 301 g/mol. The summed E-state index contributed by atoms with van der Waals surface area (Å²) >= 11 is 1.44. The molecule has 0 radical (unpaired) electrons. The third-order valence-corrected chi connectivity index (χ3v) is 2.59. The minimum absolute atomic E-state index is 0. The molecule has 0 aliphatic carbocycles. The van der Waals surface area contributed by atoms with Crippen LogP contribution in [-0.2, 0) is 4.79 Å². The Morgan fingerprint density at radius 2 is 1.92 bits per heavy atom. The first kappa shape index (κ1) is 13.0. The maximum atomic E-state index is 10.4. The summed E-state index contributed by atoms with van der Waals surface area (Å²) < 4.78 is 0. The molecule has 13 heavy (non-hydrogen) atoms. The van der Waals surface area contributed by atoms with Crippen LogP contribution in [0.5, 0.6) is 0 Å². The molecule has 0 aromatic carbocycles. The summed E-state index contributed by atoms with van der Waals surface area (Å²) in [7, 11) is 0. The summed E-state index contributed by atoms with van der Waals surface area (Å²) in [4.78, 5) is 14.1. The lowest BCUT2D eigenvalue weighted by molar-refractivity contribution is -0.119. The van der Waals surface area contributed by atoms with Gasteiger partial charge in [-0.1, -0.05) is 11.8 Å². The van der Waals surface area contributed by atoms with Gasteiger partial charge in [0.15, 0.2) is 5.17 Å². The van der Waals surface area contributed by atoms with Crippen LogP contribution in [0.2, 0.25) is 0 Å². The number of thioether (sulfide) groups is 1. The summed E-state index contributed by atoms with van der Waals surface area (Å²) in [6.45, 7) is 3.07. The predicted molar refractivity (Wildman–Crippen MR) is 65.9 cm³/mol. The minimum atomic E-state index is 0. The van der Waals surface area contributed by atoms with Crippen molar-refractivity contribution < 1.29 is 4.79 Å². The summed E-state index contributed by atoms with van der Waals surface area (Å²) in [5.74, 6) is 0. The van der Waals surface area contributed by atoms with Crippen LogP contribution in [0.25, 0.3) is 0 Å². The quantitative estimate of drug-likeness (QED) is 0.335. The Labute approximate surface area is 99.6 Å². The zero-order valence-electron chi connectivity index (χ0n) is 7.52. The van der Waals surface area contributed by atoms with Crippen molar-refractivity contribution >= 4 is 47.3 Å². The van der Waals surface area contributed by atoms with Crippen LogP contribution < -0.4 is 0 Å². The van der Waals surface area contributed by atoms with Gasteiger partial charge in [-0.2, -0.15) is 0 Å². The fraction of sp³-hybridized carbons (Fsp3) is 0.714. The zero-order chi connectivity index (χ0) is 8.97. The number of nitrogens with one attached hydrogen (secondary N) is 1. The van der Waals surface area contributed by atoms with Crippen LogP contribution in [0, 0.1) is 5.41 Å². The van der Waals surface area contributed by atoms with E-state index >= 15 is 0 Å². The molecule has 1 aliphatic heterocycles. The Morgan fingerprint density at radius 1 is 1.38 bits per heavy atom. The minimum Gasteiger partial charge on any atom is -0.348 e. The number of nitrogens with zero attached hydrogens (tertiary/aromatic N) is 2. The number of amidine groups is 1. The number of carbonyl (C=O) groups excluding carboxylic acids is 1. The number of halogens is 1. The third-order valence-electron chi connectivity index (χ3n) is 1.94. The molecule has 0 unspecified atom stereocenters. The topological polar surface area (TPSA) is 47.4 Å². The van der Waals surface area contributed by atoms with E-state index in [1.165, 1.54) is 11.8 Å². The van der Waals surface area contributed by atoms with E-state index in [-0.39, 0.29) is 24.0 Å². The number of piperazine rings is 1. The van der Waals surface area contributed by atoms with Gasteiger partial charge in [-0.3, -0.25) is 10.2 Å². The number of carbonyl (C=O) groups is 1. The van der Waals surface area contributed by atoms with Crippen LogP contribution >= 0.6 is 35.7 Å². The number of rotatable bonds is 1. The smallest absolute Gasteiger partial charge is 0.209 e. The van der Waals surface area contributed by atoms with Gasteiger partial charge in [0, 0.05) is 26.2 Å². The molecule has 4 nitrogen and oxygen atoms in total. The molecule has 1 heterocycles. The van der Waals surface area contributed by atoms with Gasteiger partial charge in [-0.25, -0.2) is 0 Å². The second-order valence-electron chi connectivity index (χ2n) is 2.64. The van der Waals surface area contributed by atoms with E-state index in [9.17, 15) is 4.79 Å². The van der Waals surface area contributed by atoms with Gasteiger partial charge in [0.05, 0.1) is 0 Å². The van der Waals surface area contributed by atoms with Crippen molar-refractivity contribution in [1.29, 1.82) is 5.41 Å². The zero-order valence-corrected chi connectivity index (χ0v) is 10.7. The van der Waals surface area contributed by atoms with Crippen LogP contribution in [-0.4, -0.2) is 53.8 Å². The Balaban J connectivity index is 0.00000144. The lowest BCUT2D eigenvalue weighted by Crippen LogP contribution is -2.47. The van der Waals surface area contributed by atoms with E-state index < -0.39 is 0 Å². The monoisotopic (exact) mass is 315 g/mol. The molecule has 1 rings (SSSR count). The van der Waals surface area contributed by atoms with Crippen molar-refractivity contribution in [3.63, 3.8) is 0 Å². The standard InChI is InChI=1S/C7H13N3OS.HI/c1-12-7(8)10-4-2-9(6-11)3-5-10;/h6,8H,2-5H2,1H3;1H. The normalized spacial score (nSPS) is 16.4. The molecule has 6 heteroatoms. The van der Waals surface area contributed by atoms with E-state index in [1.54, 1.807) is 4.90 Å². The molecule has 1 saturated heterocycles. The maximum Gasteiger partial charge on any atom is 0.209 e. The molecule has 0 bridgehead atoms. The van der Waals surface area contributed by atoms with Gasteiger partial charge < -0.3 is 9.80 Å². The van der Waals surface area contributed by atoms with Crippen LogP contribution in [0.3, 0.4) is 0 Å². The van der Waals surface area contributed by atoms with E-state index in [4.69, 9.17) is 5.41 Å². The van der Waals surface area contributed by atoms with E-state index in [0.29, 0.717) is 5.17 Å². The van der Waals surface area contributed by atoms with Gasteiger partial charge >= 0.3 is 0 Å². The molecule has 0 spiro atoms. The molecule has 0 atom stereocenters. The molecular formula is C7H14IN3OS. The van der Waals surface area contributed by atoms with Crippen molar-refractivity contribution in [1.82, 2.24) is 9.80 Å². The Kier molecular flexibility index (Phi) is 6.48. The highest BCUT2D eigenvalue weighted by Crippen LogP contribution is 2.06. The predicted octanol–water partition coefficient (Wildman–Crippen LogP) is 0.676. The first-order valence-electron chi connectivity index (χ1n) is 3.84. The Bertz CT molecular complexity index is 183. The maximum absolute atomic E-state index is 10.4. The Morgan fingerprint density at radius 3 is 2.31 bits per heavy atom. The number of hydrogen-bond acceptors (Lipinski definition) is 3. The molecule has 1 amide bonds. The highest BCUT2D eigenvalue weighted by atomic mass is 127.